The molecule has 3 heterocycles. The topological polar surface area (TPSA) is 84.1 Å². The molecule has 1 saturated heterocycles. The maximum Gasteiger partial charge on any atom is 0.245 e. The van der Waals surface area contributed by atoms with Crippen LogP contribution in [0.1, 0.15) is 61.8 Å². The van der Waals surface area contributed by atoms with E-state index in [1.807, 2.05) is 0 Å². The minimum Gasteiger partial charge on any atom is -0.338 e. The van der Waals surface area contributed by atoms with Crippen molar-refractivity contribution in [2.24, 2.45) is 0 Å². The summed E-state index contributed by atoms with van der Waals surface area (Å²) in [4.78, 5) is 13.8. The van der Waals surface area contributed by atoms with Gasteiger partial charge in [-0.2, -0.15) is 10.1 Å². The molecule has 4 rings (SSSR count). The molecule has 1 saturated carbocycles. The highest BCUT2D eigenvalue weighted by molar-refractivity contribution is 5.32. The van der Waals surface area contributed by atoms with Gasteiger partial charge in [0.25, 0.3) is 0 Å². The highest BCUT2D eigenvalue weighted by Crippen LogP contribution is 2.39. The van der Waals surface area contributed by atoms with E-state index in [1.165, 1.54) is 12.8 Å². The van der Waals surface area contributed by atoms with E-state index in [0.717, 1.165) is 49.7 Å². The van der Waals surface area contributed by atoms with E-state index in [0.29, 0.717) is 17.8 Å². The van der Waals surface area contributed by atoms with Gasteiger partial charge >= 0.3 is 0 Å². The Morgan fingerprint density at radius 3 is 2.56 bits per heavy atom. The van der Waals surface area contributed by atoms with Crippen LogP contribution in [0, 0.1) is 0 Å². The molecule has 0 amide bonds. The van der Waals surface area contributed by atoms with Gasteiger partial charge in [-0.3, -0.25) is 4.90 Å². The highest BCUT2D eigenvalue weighted by Gasteiger charge is 2.34. The Hall–Kier alpha value is -2.09. The first-order chi connectivity index (χ1) is 12.2. The predicted octanol–water partition coefficient (Wildman–Crippen LogP) is 1.75. The molecular formula is C17H25N7O. The van der Waals surface area contributed by atoms with Gasteiger partial charge in [-0.1, -0.05) is 19.0 Å². The average Bonchev–Trinajstić information content (AvgIpc) is 3.39. The molecule has 8 nitrogen and oxygen atoms in total. The number of aromatic nitrogens is 5. The predicted molar refractivity (Wildman–Crippen MR) is 92.4 cm³/mol. The summed E-state index contributed by atoms with van der Waals surface area (Å²) in [5, 5.41) is 12.9. The van der Waals surface area contributed by atoms with Crippen LogP contribution in [0.15, 0.2) is 4.52 Å². The second kappa shape index (κ2) is 6.67. The molecule has 134 valence electrons. The van der Waals surface area contributed by atoms with Gasteiger partial charge in [-0.25, -0.2) is 4.98 Å². The third kappa shape index (κ3) is 3.22. The molecule has 1 aliphatic carbocycles. The molecule has 0 aromatic carbocycles. The molecule has 2 aromatic heterocycles. The third-order valence-corrected chi connectivity index (χ3v) is 5.11. The minimum atomic E-state index is 0.0632. The smallest absolute Gasteiger partial charge is 0.245 e. The minimum absolute atomic E-state index is 0.0632. The summed E-state index contributed by atoms with van der Waals surface area (Å²) >= 11 is 0. The molecule has 0 bridgehead atoms. The summed E-state index contributed by atoms with van der Waals surface area (Å²) in [5.74, 6) is 2.76. The largest absolute Gasteiger partial charge is 0.338 e. The number of rotatable bonds is 5. The van der Waals surface area contributed by atoms with Crippen molar-refractivity contribution in [3.8, 4) is 0 Å². The normalized spacial score (nSPS) is 21.7. The number of anilines is 1. The zero-order valence-corrected chi connectivity index (χ0v) is 15.1. The Morgan fingerprint density at radius 1 is 1.04 bits per heavy atom. The first-order valence-electron chi connectivity index (χ1n) is 9.20. The van der Waals surface area contributed by atoms with Crippen molar-refractivity contribution in [2.75, 3.05) is 31.6 Å². The molecule has 0 unspecified atom stereocenters. The fourth-order valence-electron chi connectivity index (χ4n) is 3.27. The molecular weight excluding hydrogens is 318 g/mol. The molecule has 0 radical (unpaired) electrons. The number of hydrogen-bond acceptors (Lipinski definition) is 8. The van der Waals surface area contributed by atoms with Gasteiger partial charge in [0.2, 0.25) is 11.8 Å². The Bertz CT molecular complexity index is 742. The average molecular weight is 343 g/mol. The first kappa shape index (κ1) is 16.4. The summed E-state index contributed by atoms with van der Waals surface area (Å²) in [6.07, 6.45) is 4.08. The van der Waals surface area contributed by atoms with E-state index >= 15 is 0 Å². The van der Waals surface area contributed by atoms with E-state index in [9.17, 15) is 0 Å². The molecule has 25 heavy (non-hydrogen) atoms. The van der Waals surface area contributed by atoms with Crippen LogP contribution < -0.4 is 4.90 Å². The van der Waals surface area contributed by atoms with Crippen LogP contribution >= 0.6 is 0 Å². The van der Waals surface area contributed by atoms with Crippen molar-refractivity contribution in [2.45, 2.75) is 51.5 Å². The summed E-state index contributed by atoms with van der Waals surface area (Å²) in [5.41, 5.74) is 2.03. The maximum atomic E-state index is 5.56. The zero-order chi connectivity index (χ0) is 17.4. The monoisotopic (exact) mass is 343 g/mol. The van der Waals surface area contributed by atoms with Gasteiger partial charge in [-0.15, -0.1) is 5.10 Å². The van der Waals surface area contributed by atoms with Crippen molar-refractivity contribution in [1.29, 1.82) is 0 Å². The van der Waals surface area contributed by atoms with E-state index in [2.05, 4.69) is 51.0 Å². The molecule has 2 fully saturated rings. The van der Waals surface area contributed by atoms with Crippen molar-refractivity contribution in [3.05, 3.63) is 23.1 Å². The first-order valence-corrected chi connectivity index (χ1v) is 9.20. The van der Waals surface area contributed by atoms with Gasteiger partial charge in [0.05, 0.1) is 11.4 Å². The van der Waals surface area contributed by atoms with E-state index in [4.69, 9.17) is 9.51 Å². The maximum absolute atomic E-state index is 5.56. The Balaban J connectivity index is 1.55. The van der Waals surface area contributed by atoms with Gasteiger partial charge in [0, 0.05) is 25.6 Å². The lowest BCUT2D eigenvalue weighted by Gasteiger charge is -2.37. The quantitative estimate of drug-likeness (QED) is 0.812. The Morgan fingerprint density at radius 2 is 1.84 bits per heavy atom. The van der Waals surface area contributed by atoms with Crippen LogP contribution in [0.2, 0.25) is 0 Å². The molecule has 2 aromatic rings. The molecule has 1 aliphatic heterocycles. The van der Waals surface area contributed by atoms with Crippen LogP contribution in [0.4, 0.5) is 5.95 Å². The van der Waals surface area contributed by atoms with Crippen LogP contribution in [0.3, 0.4) is 0 Å². The van der Waals surface area contributed by atoms with Gasteiger partial charge in [0.15, 0.2) is 5.82 Å². The summed E-state index contributed by atoms with van der Waals surface area (Å²) < 4.78 is 5.56. The zero-order valence-electron chi connectivity index (χ0n) is 15.1. The molecule has 2 aliphatic rings. The van der Waals surface area contributed by atoms with Crippen LogP contribution in [0.25, 0.3) is 0 Å². The van der Waals surface area contributed by atoms with E-state index in [1.54, 1.807) is 0 Å². The second-order valence-corrected chi connectivity index (χ2v) is 6.92. The lowest BCUT2D eigenvalue weighted by molar-refractivity contribution is 0.176. The second-order valence-electron chi connectivity index (χ2n) is 6.92. The highest BCUT2D eigenvalue weighted by atomic mass is 16.5. The molecule has 0 spiro atoms. The number of likely N-dealkylation sites (N-methyl/N-ethyl adjacent to an activating group) is 1. The van der Waals surface area contributed by atoms with Gasteiger partial charge < -0.3 is 9.42 Å². The number of hydrogen-bond donors (Lipinski definition) is 0. The molecule has 8 heteroatoms. The fraction of sp³-hybridized carbons (Fsp3) is 0.706. The van der Waals surface area contributed by atoms with Crippen molar-refractivity contribution < 1.29 is 4.52 Å². The van der Waals surface area contributed by atoms with E-state index in [-0.39, 0.29) is 6.04 Å². The van der Waals surface area contributed by atoms with Crippen LogP contribution in [-0.4, -0.2) is 56.9 Å². The van der Waals surface area contributed by atoms with Crippen molar-refractivity contribution in [3.63, 3.8) is 0 Å². The lowest BCUT2D eigenvalue weighted by Crippen LogP contribution is -2.47. The fourth-order valence-corrected chi connectivity index (χ4v) is 3.27. The van der Waals surface area contributed by atoms with Gasteiger partial charge in [0.1, 0.15) is 6.04 Å². The van der Waals surface area contributed by atoms with Gasteiger partial charge in [-0.05, 0) is 32.7 Å². The Kier molecular flexibility index (Phi) is 4.37. The number of piperazine rings is 1. The van der Waals surface area contributed by atoms with Crippen molar-refractivity contribution in [1.82, 2.24) is 30.2 Å². The summed E-state index contributed by atoms with van der Waals surface area (Å²) in [7, 11) is 2.10. The molecule has 1 atom stereocenters. The van der Waals surface area contributed by atoms with Crippen molar-refractivity contribution >= 4 is 5.95 Å². The standard InChI is InChI=1S/C17H25N7O/c1-4-12-13(5-2)20-21-17(18-12)24-9-8-23(3)14(10-24)16-19-15(22-25-16)11-6-7-11/h11,14H,4-10H2,1-3H3/t14-/m0/s1. The third-order valence-electron chi connectivity index (χ3n) is 5.11. The van der Waals surface area contributed by atoms with Crippen LogP contribution in [0.5, 0.6) is 0 Å². The summed E-state index contributed by atoms with van der Waals surface area (Å²) in [6.45, 7) is 6.69. The molecule has 0 N–H and O–H groups in total. The number of aryl methyl sites for hydroxylation is 2. The SMILES string of the molecule is CCc1nnc(N2CCN(C)[C@H](c3nc(C4CC4)no3)C2)nc1CC. The summed E-state index contributed by atoms with van der Waals surface area (Å²) in [6, 6.07) is 0.0632. The Labute approximate surface area is 147 Å². The van der Waals surface area contributed by atoms with E-state index < -0.39 is 0 Å². The van der Waals surface area contributed by atoms with Crippen LogP contribution in [-0.2, 0) is 12.8 Å². The lowest BCUT2D eigenvalue weighted by atomic mass is 10.2. The number of nitrogens with zero attached hydrogens (tertiary/aromatic N) is 7.